The molecule has 2 N–H and O–H groups in total. The fourth-order valence-corrected chi connectivity index (χ4v) is 1.46. The first kappa shape index (κ1) is 8.56. The summed E-state index contributed by atoms with van der Waals surface area (Å²) in [7, 11) is 0. The van der Waals surface area contributed by atoms with Gasteiger partial charge in [0.2, 0.25) is 0 Å². The zero-order chi connectivity index (χ0) is 9.47. The maximum atomic E-state index is 13.0. The molecule has 2 rings (SSSR count). The van der Waals surface area contributed by atoms with Crippen LogP contribution in [0.5, 0.6) is 0 Å². The van der Waals surface area contributed by atoms with Crippen molar-refractivity contribution in [1.82, 2.24) is 9.97 Å². The molecule has 13 heavy (non-hydrogen) atoms. The van der Waals surface area contributed by atoms with Crippen molar-refractivity contribution >= 4 is 0 Å². The summed E-state index contributed by atoms with van der Waals surface area (Å²) >= 11 is 0. The van der Waals surface area contributed by atoms with Gasteiger partial charge in [-0.05, 0) is 6.42 Å². The summed E-state index contributed by atoms with van der Waals surface area (Å²) in [4.78, 5) is 7.97. The third-order valence-electron chi connectivity index (χ3n) is 2.79. The SMILES string of the molecule is CC1(C(N)c2cnccn2)CC1F. The molecule has 3 nitrogen and oxygen atoms in total. The van der Waals surface area contributed by atoms with Crippen LogP contribution in [-0.2, 0) is 0 Å². The van der Waals surface area contributed by atoms with Gasteiger partial charge >= 0.3 is 0 Å². The average molecular weight is 181 g/mol. The Morgan fingerprint density at radius 3 is 2.85 bits per heavy atom. The van der Waals surface area contributed by atoms with Crippen molar-refractivity contribution < 1.29 is 4.39 Å². The molecule has 0 amide bonds. The van der Waals surface area contributed by atoms with E-state index in [9.17, 15) is 4.39 Å². The Morgan fingerprint density at radius 1 is 1.69 bits per heavy atom. The van der Waals surface area contributed by atoms with Crippen LogP contribution in [0.1, 0.15) is 25.1 Å². The lowest BCUT2D eigenvalue weighted by Crippen LogP contribution is -2.23. The van der Waals surface area contributed by atoms with Crippen LogP contribution in [0.15, 0.2) is 18.6 Å². The van der Waals surface area contributed by atoms with Crippen molar-refractivity contribution in [1.29, 1.82) is 0 Å². The van der Waals surface area contributed by atoms with Gasteiger partial charge in [-0.1, -0.05) is 6.92 Å². The molecular formula is C9H12FN3. The Bertz CT molecular complexity index is 303. The first-order valence-corrected chi connectivity index (χ1v) is 4.30. The van der Waals surface area contributed by atoms with Crippen LogP contribution in [0.2, 0.25) is 0 Å². The number of nitrogens with zero attached hydrogens (tertiary/aromatic N) is 2. The molecule has 1 aliphatic carbocycles. The predicted molar refractivity (Wildman–Crippen MR) is 46.6 cm³/mol. The first-order chi connectivity index (χ1) is 6.14. The molecule has 3 unspecified atom stereocenters. The number of rotatable bonds is 2. The summed E-state index contributed by atoms with van der Waals surface area (Å²) in [6, 6.07) is -0.337. The number of aromatic nitrogens is 2. The van der Waals surface area contributed by atoms with E-state index in [0.717, 1.165) is 0 Å². The van der Waals surface area contributed by atoms with E-state index >= 15 is 0 Å². The molecule has 1 aromatic heterocycles. The lowest BCUT2D eigenvalue weighted by molar-refractivity contribution is 0.328. The molecule has 1 fully saturated rings. The molecular weight excluding hydrogens is 169 g/mol. The molecule has 1 heterocycles. The second-order valence-electron chi connectivity index (χ2n) is 3.79. The van der Waals surface area contributed by atoms with Crippen molar-refractivity contribution in [2.75, 3.05) is 0 Å². The molecule has 1 aromatic rings. The number of hydrogen-bond donors (Lipinski definition) is 1. The van der Waals surface area contributed by atoms with Crippen molar-refractivity contribution in [2.45, 2.75) is 25.6 Å². The summed E-state index contributed by atoms with van der Waals surface area (Å²) in [5.41, 5.74) is 6.13. The minimum absolute atomic E-state index is 0.337. The van der Waals surface area contributed by atoms with Crippen LogP contribution in [0.25, 0.3) is 0 Å². The van der Waals surface area contributed by atoms with Gasteiger partial charge in [0.15, 0.2) is 0 Å². The van der Waals surface area contributed by atoms with E-state index in [1.807, 2.05) is 6.92 Å². The van der Waals surface area contributed by atoms with Crippen molar-refractivity contribution in [3.05, 3.63) is 24.3 Å². The predicted octanol–water partition coefficient (Wildman–Crippen LogP) is 1.22. The standard InChI is InChI=1S/C9H12FN3/c1-9(4-7(9)10)8(11)6-5-12-2-3-13-6/h2-3,5,7-8H,4,11H2,1H3. The Morgan fingerprint density at radius 2 is 2.38 bits per heavy atom. The van der Waals surface area contributed by atoms with Gasteiger partial charge in [-0.2, -0.15) is 0 Å². The number of hydrogen-bond acceptors (Lipinski definition) is 3. The van der Waals surface area contributed by atoms with Crippen LogP contribution < -0.4 is 5.73 Å². The maximum Gasteiger partial charge on any atom is 0.108 e. The van der Waals surface area contributed by atoms with E-state index in [2.05, 4.69) is 9.97 Å². The zero-order valence-corrected chi connectivity index (χ0v) is 7.44. The van der Waals surface area contributed by atoms with Gasteiger partial charge in [0, 0.05) is 24.0 Å². The van der Waals surface area contributed by atoms with Crippen LogP contribution in [0.4, 0.5) is 4.39 Å². The topological polar surface area (TPSA) is 51.8 Å². The molecule has 0 saturated heterocycles. The van der Waals surface area contributed by atoms with E-state index in [1.165, 1.54) is 0 Å². The second kappa shape index (κ2) is 2.73. The molecule has 1 aliphatic rings. The van der Waals surface area contributed by atoms with Gasteiger partial charge in [0.1, 0.15) is 6.17 Å². The summed E-state index contributed by atoms with van der Waals surface area (Å²) in [6.45, 7) is 1.84. The van der Waals surface area contributed by atoms with E-state index in [4.69, 9.17) is 5.73 Å². The Hall–Kier alpha value is -1.03. The minimum atomic E-state index is -0.787. The van der Waals surface area contributed by atoms with E-state index in [0.29, 0.717) is 12.1 Å². The third-order valence-corrected chi connectivity index (χ3v) is 2.79. The molecule has 0 bridgehead atoms. The van der Waals surface area contributed by atoms with E-state index in [-0.39, 0.29) is 6.04 Å². The lowest BCUT2D eigenvalue weighted by Gasteiger charge is -2.17. The van der Waals surface area contributed by atoms with Crippen molar-refractivity contribution in [3.8, 4) is 0 Å². The highest BCUT2D eigenvalue weighted by atomic mass is 19.1. The molecule has 0 radical (unpaired) electrons. The quantitative estimate of drug-likeness (QED) is 0.746. The highest BCUT2D eigenvalue weighted by Crippen LogP contribution is 2.55. The van der Waals surface area contributed by atoms with Crippen LogP contribution in [0.3, 0.4) is 0 Å². The van der Waals surface area contributed by atoms with Gasteiger partial charge in [-0.15, -0.1) is 0 Å². The largest absolute Gasteiger partial charge is 0.322 e. The number of halogens is 1. The van der Waals surface area contributed by atoms with E-state index in [1.54, 1.807) is 18.6 Å². The molecule has 0 aromatic carbocycles. The fourth-order valence-electron chi connectivity index (χ4n) is 1.46. The van der Waals surface area contributed by atoms with Crippen molar-refractivity contribution in [3.63, 3.8) is 0 Å². The third kappa shape index (κ3) is 1.31. The van der Waals surface area contributed by atoms with Crippen LogP contribution in [0, 0.1) is 5.41 Å². The minimum Gasteiger partial charge on any atom is -0.322 e. The van der Waals surface area contributed by atoms with Gasteiger partial charge in [0.05, 0.1) is 11.7 Å². The summed E-state index contributed by atoms with van der Waals surface area (Å²) in [5, 5.41) is 0. The molecule has 0 spiro atoms. The molecule has 70 valence electrons. The van der Waals surface area contributed by atoms with Crippen LogP contribution in [-0.4, -0.2) is 16.1 Å². The average Bonchev–Trinajstić information content (AvgIpc) is 2.76. The van der Waals surface area contributed by atoms with Gasteiger partial charge < -0.3 is 5.73 Å². The van der Waals surface area contributed by atoms with Gasteiger partial charge in [-0.3, -0.25) is 9.97 Å². The smallest absolute Gasteiger partial charge is 0.108 e. The summed E-state index contributed by atoms with van der Waals surface area (Å²) in [6.07, 6.45) is 4.50. The monoisotopic (exact) mass is 181 g/mol. The van der Waals surface area contributed by atoms with Crippen molar-refractivity contribution in [2.24, 2.45) is 11.1 Å². The lowest BCUT2D eigenvalue weighted by atomic mass is 9.97. The normalized spacial score (nSPS) is 34.2. The molecule has 3 atom stereocenters. The van der Waals surface area contributed by atoms with E-state index < -0.39 is 11.6 Å². The summed E-state index contributed by atoms with van der Waals surface area (Å²) < 4.78 is 13.0. The molecule has 0 aliphatic heterocycles. The zero-order valence-electron chi connectivity index (χ0n) is 7.44. The molecule has 4 heteroatoms. The molecule has 1 saturated carbocycles. The van der Waals surface area contributed by atoms with Gasteiger partial charge in [-0.25, -0.2) is 4.39 Å². The maximum absolute atomic E-state index is 13.0. The highest BCUT2D eigenvalue weighted by molar-refractivity contribution is 5.15. The highest BCUT2D eigenvalue weighted by Gasteiger charge is 2.56. The number of alkyl halides is 1. The van der Waals surface area contributed by atoms with Crippen LogP contribution >= 0.6 is 0 Å². The fraction of sp³-hybridized carbons (Fsp3) is 0.556. The second-order valence-corrected chi connectivity index (χ2v) is 3.79. The summed E-state index contributed by atoms with van der Waals surface area (Å²) in [5.74, 6) is 0. The van der Waals surface area contributed by atoms with Gasteiger partial charge in [0.25, 0.3) is 0 Å². The Kier molecular flexibility index (Phi) is 1.80. The number of nitrogens with two attached hydrogens (primary N) is 1. The Balaban J connectivity index is 2.19. The first-order valence-electron chi connectivity index (χ1n) is 4.30. The Labute approximate surface area is 76.2 Å².